The Bertz CT molecular complexity index is 530. The molecule has 1 spiro atoms. The molecule has 0 radical (unpaired) electrons. The van der Waals surface area contributed by atoms with Crippen molar-refractivity contribution in [2.45, 2.75) is 95.7 Å². The van der Waals surface area contributed by atoms with Crippen molar-refractivity contribution in [3.05, 3.63) is 0 Å². The molecule has 0 unspecified atom stereocenters. The highest BCUT2D eigenvalue weighted by atomic mass is 16.5. The zero-order valence-corrected chi connectivity index (χ0v) is 18.9. The Morgan fingerprint density at radius 2 is 1.69 bits per heavy atom. The molecule has 1 amide bonds. The van der Waals surface area contributed by atoms with Gasteiger partial charge in [0.15, 0.2) is 0 Å². The van der Waals surface area contributed by atoms with Crippen LogP contribution in [0.15, 0.2) is 0 Å². The molecule has 1 aliphatic carbocycles. The molecule has 1 saturated carbocycles. The summed E-state index contributed by atoms with van der Waals surface area (Å²) in [5.41, 5.74) is 0.0281. The van der Waals surface area contributed by atoms with Crippen LogP contribution in [0.5, 0.6) is 0 Å². The number of piperidine rings is 1. The van der Waals surface area contributed by atoms with Crippen molar-refractivity contribution in [1.82, 2.24) is 14.7 Å². The largest absolute Gasteiger partial charge is 0.375 e. The van der Waals surface area contributed by atoms with Crippen molar-refractivity contribution < 1.29 is 9.53 Å². The van der Waals surface area contributed by atoms with Crippen molar-refractivity contribution in [3.8, 4) is 0 Å². The fourth-order valence-corrected chi connectivity index (χ4v) is 6.23. The highest BCUT2D eigenvalue weighted by Crippen LogP contribution is 2.37. The minimum absolute atomic E-state index is 0.0281. The second-order valence-electron chi connectivity index (χ2n) is 10.4. The molecule has 4 fully saturated rings. The number of likely N-dealkylation sites (tertiary alicyclic amines) is 1. The molecule has 0 aromatic heterocycles. The van der Waals surface area contributed by atoms with E-state index >= 15 is 0 Å². The second kappa shape index (κ2) is 9.65. The second-order valence-corrected chi connectivity index (χ2v) is 10.4. The third-order valence-corrected chi connectivity index (χ3v) is 8.33. The molecule has 3 heterocycles. The average molecular weight is 406 g/mol. The maximum absolute atomic E-state index is 12.7. The number of rotatable bonds is 5. The summed E-state index contributed by atoms with van der Waals surface area (Å²) in [6.07, 6.45) is 11.7. The van der Waals surface area contributed by atoms with Gasteiger partial charge in [0, 0.05) is 64.4 Å². The Labute approximate surface area is 178 Å². The molecule has 166 valence electrons. The summed E-state index contributed by atoms with van der Waals surface area (Å²) in [5.74, 6) is 1.21. The Balaban J connectivity index is 1.23. The van der Waals surface area contributed by atoms with E-state index in [0.717, 1.165) is 51.3 Å². The topological polar surface area (TPSA) is 36.0 Å². The van der Waals surface area contributed by atoms with E-state index in [2.05, 4.69) is 28.5 Å². The van der Waals surface area contributed by atoms with Gasteiger partial charge in [-0.2, -0.15) is 0 Å². The van der Waals surface area contributed by atoms with Crippen molar-refractivity contribution in [3.63, 3.8) is 0 Å². The van der Waals surface area contributed by atoms with Gasteiger partial charge in [0.1, 0.15) is 0 Å². The van der Waals surface area contributed by atoms with Crippen LogP contribution >= 0.6 is 0 Å². The summed E-state index contributed by atoms with van der Waals surface area (Å²) >= 11 is 0. The molecule has 5 heteroatoms. The molecular formula is C24H43N3O2. The third-order valence-electron chi connectivity index (χ3n) is 8.33. The average Bonchev–Trinajstić information content (AvgIpc) is 3.26. The quantitative estimate of drug-likeness (QED) is 0.701. The lowest BCUT2D eigenvalue weighted by Gasteiger charge is -2.50. The SMILES string of the molecule is CC(C)N1CCN([C@H]2CCOC3(CCN(C(=O)CCC4CCCC4)CC3)C2)CC1. The van der Waals surface area contributed by atoms with Crippen LogP contribution < -0.4 is 0 Å². The maximum atomic E-state index is 12.7. The molecule has 1 atom stereocenters. The molecule has 29 heavy (non-hydrogen) atoms. The number of hydrogen-bond acceptors (Lipinski definition) is 4. The maximum Gasteiger partial charge on any atom is 0.222 e. The Kier molecular flexibility index (Phi) is 7.18. The number of amides is 1. The van der Waals surface area contributed by atoms with Gasteiger partial charge in [-0.15, -0.1) is 0 Å². The lowest BCUT2D eigenvalue weighted by atomic mass is 9.81. The zero-order valence-electron chi connectivity index (χ0n) is 18.9. The first kappa shape index (κ1) is 21.6. The molecule has 4 rings (SSSR count). The van der Waals surface area contributed by atoms with Crippen LogP contribution in [0.25, 0.3) is 0 Å². The lowest BCUT2D eigenvalue weighted by molar-refractivity contribution is -0.150. The summed E-state index contributed by atoms with van der Waals surface area (Å²) in [5, 5.41) is 0. The van der Waals surface area contributed by atoms with Crippen LogP contribution in [0, 0.1) is 5.92 Å². The van der Waals surface area contributed by atoms with E-state index < -0.39 is 0 Å². The van der Waals surface area contributed by atoms with Gasteiger partial charge in [-0.25, -0.2) is 0 Å². The van der Waals surface area contributed by atoms with Gasteiger partial charge in [-0.3, -0.25) is 14.6 Å². The van der Waals surface area contributed by atoms with Crippen molar-refractivity contribution in [2.75, 3.05) is 45.9 Å². The summed E-state index contributed by atoms with van der Waals surface area (Å²) in [6.45, 7) is 12.1. The van der Waals surface area contributed by atoms with Crippen LogP contribution in [0.3, 0.4) is 0 Å². The zero-order chi connectivity index (χ0) is 20.3. The standard InChI is InChI=1S/C24H43N3O2/c1-20(2)25-14-16-26(17-15-25)22-9-18-29-24(19-22)10-12-27(13-11-24)23(28)8-7-21-5-3-4-6-21/h20-22H,3-19H2,1-2H3/t22-/m0/s1. The fraction of sp³-hybridized carbons (Fsp3) is 0.958. The highest BCUT2D eigenvalue weighted by Gasteiger charge is 2.43. The number of carbonyl (C=O) groups excluding carboxylic acids is 1. The smallest absolute Gasteiger partial charge is 0.222 e. The van der Waals surface area contributed by atoms with E-state index in [1.54, 1.807) is 0 Å². The highest BCUT2D eigenvalue weighted by molar-refractivity contribution is 5.76. The van der Waals surface area contributed by atoms with Crippen molar-refractivity contribution in [1.29, 1.82) is 0 Å². The minimum atomic E-state index is 0.0281. The first-order valence-corrected chi connectivity index (χ1v) is 12.4. The Hall–Kier alpha value is -0.650. The number of nitrogens with zero attached hydrogens (tertiary/aromatic N) is 3. The summed E-state index contributed by atoms with van der Waals surface area (Å²) in [4.78, 5) is 20.2. The van der Waals surface area contributed by atoms with E-state index in [4.69, 9.17) is 4.74 Å². The summed E-state index contributed by atoms with van der Waals surface area (Å²) < 4.78 is 6.38. The van der Waals surface area contributed by atoms with Gasteiger partial charge < -0.3 is 9.64 Å². The van der Waals surface area contributed by atoms with Gasteiger partial charge in [-0.1, -0.05) is 25.7 Å². The van der Waals surface area contributed by atoms with Crippen LogP contribution in [-0.2, 0) is 9.53 Å². The molecule has 3 saturated heterocycles. The first-order valence-electron chi connectivity index (χ1n) is 12.4. The predicted octanol–water partition coefficient (Wildman–Crippen LogP) is 3.52. The number of carbonyl (C=O) groups is 1. The van der Waals surface area contributed by atoms with E-state index in [9.17, 15) is 4.79 Å². The monoisotopic (exact) mass is 405 g/mol. The molecule has 0 aromatic carbocycles. The number of hydrogen-bond donors (Lipinski definition) is 0. The molecular weight excluding hydrogens is 362 g/mol. The van der Waals surface area contributed by atoms with Gasteiger partial charge in [0.05, 0.1) is 5.60 Å². The van der Waals surface area contributed by atoms with E-state index in [1.165, 1.54) is 64.7 Å². The molecule has 0 aromatic rings. The van der Waals surface area contributed by atoms with Gasteiger partial charge in [0.25, 0.3) is 0 Å². The molecule has 5 nitrogen and oxygen atoms in total. The molecule has 0 N–H and O–H groups in total. The van der Waals surface area contributed by atoms with E-state index in [0.29, 0.717) is 18.0 Å². The Morgan fingerprint density at radius 3 is 2.34 bits per heavy atom. The summed E-state index contributed by atoms with van der Waals surface area (Å²) in [7, 11) is 0. The van der Waals surface area contributed by atoms with Crippen molar-refractivity contribution in [2.24, 2.45) is 5.92 Å². The third kappa shape index (κ3) is 5.34. The van der Waals surface area contributed by atoms with Gasteiger partial charge in [-0.05, 0) is 51.9 Å². The number of ether oxygens (including phenoxy) is 1. The molecule has 3 aliphatic heterocycles. The van der Waals surface area contributed by atoms with E-state index in [-0.39, 0.29) is 5.60 Å². The van der Waals surface area contributed by atoms with Crippen LogP contribution in [0.1, 0.15) is 78.1 Å². The van der Waals surface area contributed by atoms with Gasteiger partial charge >= 0.3 is 0 Å². The first-order chi connectivity index (χ1) is 14.0. The summed E-state index contributed by atoms with van der Waals surface area (Å²) in [6, 6.07) is 1.33. The molecule has 0 bridgehead atoms. The van der Waals surface area contributed by atoms with Crippen molar-refractivity contribution >= 4 is 5.91 Å². The van der Waals surface area contributed by atoms with Crippen LogP contribution in [-0.4, -0.2) is 84.2 Å². The van der Waals surface area contributed by atoms with Gasteiger partial charge in [0.2, 0.25) is 5.91 Å². The lowest BCUT2D eigenvalue weighted by Crippen LogP contribution is -2.58. The fourth-order valence-electron chi connectivity index (χ4n) is 6.23. The molecule has 4 aliphatic rings. The van der Waals surface area contributed by atoms with E-state index in [1.807, 2.05) is 0 Å². The van der Waals surface area contributed by atoms with Crippen LogP contribution in [0.4, 0.5) is 0 Å². The number of piperazine rings is 1. The minimum Gasteiger partial charge on any atom is -0.375 e. The Morgan fingerprint density at radius 1 is 1.00 bits per heavy atom. The van der Waals surface area contributed by atoms with Crippen LogP contribution in [0.2, 0.25) is 0 Å². The normalized spacial score (nSPS) is 29.8. The predicted molar refractivity (Wildman–Crippen MR) is 117 cm³/mol.